The predicted molar refractivity (Wildman–Crippen MR) is 115 cm³/mol. The van der Waals surface area contributed by atoms with Crippen molar-refractivity contribution in [1.29, 1.82) is 0 Å². The fourth-order valence-corrected chi connectivity index (χ4v) is 11.7. The first kappa shape index (κ1) is 18.4. The molecule has 4 fully saturated rings. The standard InChI is InChI=1S/C23H36OS2/c1-21-10-8-16(24)14-15(21)4-5-17-18-6-7-20(23(3)25-12-13-26-23)22(18,2)11-9-19(17)21/h4,16-20,24H,5-14H2,1-3H3. The second kappa shape index (κ2) is 6.20. The molecule has 0 aromatic rings. The lowest BCUT2D eigenvalue weighted by molar-refractivity contribution is -0.0504. The number of aliphatic hydroxyl groups is 1. The van der Waals surface area contributed by atoms with Crippen molar-refractivity contribution < 1.29 is 5.11 Å². The van der Waals surface area contributed by atoms with Gasteiger partial charge in [-0.2, -0.15) is 0 Å². The Bertz CT molecular complexity index is 609. The lowest BCUT2D eigenvalue weighted by atomic mass is 9.47. The molecule has 0 aromatic carbocycles. The van der Waals surface area contributed by atoms with Crippen LogP contribution in [0.3, 0.4) is 0 Å². The van der Waals surface area contributed by atoms with Gasteiger partial charge in [-0.05, 0) is 92.8 Å². The Morgan fingerprint density at radius 3 is 2.50 bits per heavy atom. The van der Waals surface area contributed by atoms with E-state index >= 15 is 0 Å². The highest BCUT2D eigenvalue weighted by Gasteiger charge is 2.62. The molecule has 0 bridgehead atoms. The van der Waals surface area contributed by atoms with Crippen molar-refractivity contribution in [2.24, 2.45) is 34.5 Å². The van der Waals surface area contributed by atoms with E-state index in [-0.39, 0.29) is 6.10 Å². The largest absolute Gasteiger partial charge is 0.393 e. The summed E-state index contributed by atoms with van der Waals surface area (Å²) >= 11 is 4.53. The second-order valence-corrected chi connectivity index (χ2v) is 13.9. The topological polar surface area (TPSA) is 20.2 Å². The van der Waals surface area contributed by atoms with Gasteiger partial charge in [0.05, 0.1) is 10.2 Å². The van der Waals surface area contributed by atoms with E-state index in [0.29, 0.717) is 14.9 Å². The maximum absolute atomic E-state index is 10.2. The summed E-state index contributed by atoms with van der Waals surface area (Å²) in [6.45, 7) is 7.81. The lowest BCUT2D eigenvalue weighted by Gasteiger charge is -2.59. The molecule has 1 nitrogen and oxygen atoms in total. The maximum atomic E-state index is 10.2. The molecule has 7 unspecified atom stereocenters. The Morgan fingerprint density at radius 1 is 0.962 bits per heavy atom. The summed E-state index contributed by atoms with van der Waals surface area (Å²) in [7, 11) is 0. The number of hydrogen-bond acceptors (Lipinski definition) is 3. The number of hydrogen-bond donors (Lipinski definition) is 1. The summed E-state index contributed by atoms with van der Waals surface area (Å²) < 4.78 is 0.477. The quantitative estimate of drug-likeness (QED) is 0.543. The Morgan fingerprint density at radius 2 is 1.73 bits per heavy atom. The molecular weight excluding hydrogens is 356 g/mol. The molecule has 3 saturated carbocycles. The zero-order valence-electron chi connectivity index (χ0n) is 16.8. The summed E-state index contributed by atoms with van der Waals surface area (Å²) in [5.41, 5.74) is 2.57. The number of allylic oxidation sites excluding steroid dienone is 1. The molecule has 4 aliphatic carbocycles. The van der Waals surface area contributed by atoms with Crippen molar-refractivity contribution >= 4 is 23.5 Å². The van der Waals surface area contributed by atoms with Gasteiger partial charge in [0.1, 0.15) is 0 Å². The average Bonchev–Trinajstić information content (AvgIpc) is 3.19. The predicted octanol–water partition coefficient (Wildman–Crippen LogP) is 6.12. The van der Waals surface area contributed by atoms with Crippen molar-refractivity contribution in [2.45, 2.75) is 82.3 Å². The van der Waals surface area contributed by atoms with Gasteiger partial charge in [0.25, 0.3) is 0 Å². The van der Waals surface area contributed by atoms with Crippen molar-refractivity contribution in [3.8, 4) is 0 Å². The van der Waals surface area contributed by atoms with Crippen LogP contribution >= 0.6 is 23.5 Å². The van der Waals surface area contributed by atoms with E-state index in [0.717, 1.165) is 36.5 Å². The first-order valence-corrected chi connectivity index (χ1v) is 13.0. The number of thioether (sulfide) groups is 2. The molecule has 1 N–H and O–H groups in total. The molecule has 3 heteroatoms. The van der Waals surface area contributed by atoms with Crippen molar-refractivity contribution in [1.82, 2.24) is 0 Å². The molecule has 26 heavy (non-hydrogen) atoms. The van der Waals surface area contributed by atoms with Crippen LogP contribution in [0.15, 0.2) is 11.6 Å². The number of rotatable bonds is 1. The number of aliphatic hydroxyl groups excluding tert-OH is 1. The van der Waals surface area contributed by atoms with E-state index < -0.39 is 0 Å². The Labute approximate surface area is 168 Å². The van der Waals surface area contributed by atoms with Gasteiger partial charge in [-0.15, -0.1) is 23.5 Å². The molecule has 0 aromatic heterocycles. The van der Waals surface area contributed by atoms with Crippen LogP contribution in [0.2, 0.25) is 0 Å². The minimum atomic E-state index is -0.0769. The third kappa shape index (κ3) is 2.48. The monoisotopic (exact) mass is 392 g/mol. The molecule has 146 valence electrons. The summed E-state index contributed by atoms with van der Waals surface area (Å²) in [4.78, 5) is 0. The molecule has 1 aliphatic heterocycles. The molecule has 5 aliphatic rings. The Hall–Kier alpha value is 0.400. The summed E-state index contributed by atoms with van der Waals surface area (Å²) in [5.74, 6) is 6.34. The molecule has 0 amide bonds. The van der Waals surface area contributed by atoms with E-state index in [1.54, 1.807) is 5.57 Å². The van der Waals surface area contributed by atoms with Crippen molar-refractivity contribution in [3.05, 3.63) is 11.6 Å². The van der Waals surface area contributed by atoms with E-state index in [1.807, 2.05) is 0 Å². The van der Waals surface area contributed by atoms with Crippen LogP contribution in [0, 0.1) is 34.5 Å². The van der Waals surface area contributed by atoms with Crippen LogP contribution < -0.4 is 0 Å². The van der Waals surface area contributed by atoms with Gasteiger partial charge in [0.15, 0.2) is 0 Å². The van der Waals surface area contributed by atoms with Gasteiger partial charge in [0, 0.05) is 11.5 Å². The van der Waals surface area contributed by atoms with E-state index in [4.69, 9.17) is 0 Å². The summed E-state index contributed by atoms with van der Waals surface area (Å²) in [6, 6.07) is 0. The zero-order valence-corrected chi connectivity index (χ0v) is 18.4. The minimum Gasteiger partial charge on any atom is -0.393 e. The first-order valence-electron chi connectivity index (χ1n) is 11.0. The summed E-state index contributed by atoms with van der Waals surface area (Å²) in [5, 5.41) is 10.2. The van der Waals surface area contributed by atoms with Crippen LogP contribution in [0.4, 0.5) is 0 Å². The normalized spacial score (nSPS) is 52.8. The highest BCUT2D eigenvalue weighted by Crippen LogP contribution is 2.70. The van der Waals surface area contributed by atoms with Crippen LogP contribution in [0.25, 0.3) is 0 Å². The van der Waals surface area contributed by atoms with Gasteiger partial charge in [-0.1, -0.05) is 25.5 Å². The van der Waals surface area contributed by atoms with Gasteiger partial charge in [-0.3, -0.25) is 0 Å². The molecule has 0 radical (unpaired) electrons. The van der Waals surface area contributed by atoms with E-state index in [2.05, 4.69) is 50.4 Å². The van der Waals surface area contributed by atoms with Crippen LogP contribution in [0.1, 0.15) is 72.1 Å². The molecule has 0 spiro atoms. The lowest BCUT2D eigenvalue weighted by Crippen LogP contribution is -2.51. The highest BCUT2D eigenvalue weighted by molar-refractivity contribution is 8.21. The Kier molecular flexibility index (Phi) is 4.39. The van der Waals surface area contributed by atoms with E-state index in [9.17, 15) is 5.11 Å². The van der Waals surface area contributed by atoms with Crippen LogP contribution in [-0.4, -0.2) is 26.8 Å². The van der Waals surface area contributed by atoms with Crippen LogP contribution in [0.5, 0.6) is 0 Å². The van der Waals surface area contributed by atoms with Crippen molar-refractivity contribution in [2.75, 3.05) is 11.5 Å². The molecular formula is C23H36OS2. The van der Waals surface area contributed by atoms with Crippen LogP contribution in [-0.2, 0) is 0 Å². The fraction of sp³-hybridized carbons (Fsp3) is 0.913. The number of fused-ring (bicyclic) bond motifs is 5. The first-order chi connectivity index (χ1) is 12.4. The highest BCUT2D eigenvalue weighted by atomic mass is 32.2. The molecule has 1 heterocycles. The Balaban J connectivity index is 1.45. The second-order valence-electron chi connectivity index (χ2n) is 10.5. The average molecular weight is 393 g/mol. The smallest absolute Gasteiger partial charge is 0.0616 e. The fourth-order valence-electron chi connectivity index (χ4n) is 8.23. The zero-order chi connectivity index (χ0) is 18.2. The van der Waals surface area contributed by atoms with E-state index in [1.165, 1.54) is 50.0 Å². The minimum absolute atomic E-state index is 0.0769. The maximum Gasteiger partial charge on any atom is 0.0616 e. The van der Waals surface area contributed by atoms with Gasteiger partial charge in [0.2, 0.25) is 0 Å². The molecule has 7 atom stereocenters. The molecule has 5 rings (SSSR count). The van der Waals surface area contributed by atoms with Crippen molar-refractivity contribution in [3.63, 3.8) is 0 Å². The SMILES string of the molecule is CC1(C2CCC3C4CC=C5CC(O)CCC5(C)C4CCC32C)SCCS1. The molecule has 1 saturated heterocycles. The summed E-state index contributed by atoms with van der Waals surface area (Å²) in [6.07, 6.45) is 12.8. The third-order valence-corrected chi connectivity index (χ3v) is 13.1. The van der Waals surface area contributed by atoms with Gasteiger partial charge >= 0.3 is 0 Å². The van der Waals surface area contributed by atoms with Gasteiger partial charge in [-0.25, -0.2) is 0 Å². The third-order valence-electron chi connectivity index (χ3n) is 9.57. The van der Waals surface area contributed by atoms with Gasteiger partial charge < -0.3 is 5.11 Å².